The number of rotatable bonds is 4. The third-order valence-electron chi connectivity index (χ3n) is 3.24. The fraction of sp³-hybridized carbons (Fsp3) is 0.800. The predicted molar refractivity (Wildman–Crippen MR) is 64.0 cm³/mol. The highest BCUT2D eigenvalue weighted by Crippen LogP contribution is 2.27. The molecule has 2 heterocycles. The molecule has 2 atom stereocenters. The van der Waals surface area contributed by atoms with Crippen LogP contribution in [0.25, 0.3) is 0 Å². The molecule has 0 spiro atoms. The molecule has 0 amide bonds. The molecule has 96 valence electrons. The van der Waals surface area contributed by atoms with Crippen molar-refractivity contribution in [2.24, 2.45) is 11.7 Å². The lowest BCUT2D eigenvalue weighted by atomic mass is 9.98. The van der Waals surface area contributed by atoms with Crippen LogP contribution in [0.2, 0.25) is 0 Å². The first-order chi connectivity index (χ1) is 8.02. The second kappa shape index (κ2) is 4.73. The van der Waals surface area contributed by atoms with Crippen LogP contribution < -0.4 is 5.73 Å². The molecule has 2 unspecified atom stereocenters. The molecule has 1 aromatic heterocycles. The first kappa shape index (κ1) is 12.5. The van der Waals surface area contributed by atoms with Gasteiger partial charge in [0.1, 0.15) is 0 Å². The summed E-state index contributed by atoms with van der Waals surface area (Å²) in [6.45, 7) is 2.71. The van der Waals surface area contributed by atoms with E-state index in [-0.39, 0.29) is 17.7 Å². The van der Waals surface area contributed by atoms with Gasteiger partial charge in [-0.05, 0) is 25.7 Å². The molecule has 1 aliphatic heterocycles. The second-order valence-electron chi connectivity index (χ2n) is 4.59. The molecular weight excluding hydrogens is 240 g/mol. The van der Waals surface area contributed by atoms with E-state index in [1.54, 1.807) is 10.9 Å². The third-order valence-corrected chi connectivity index (χ3v) is 5.08. The molecule has 17 heavy (non-hydrogen) atoms. The maximum Gasteiger partial charge on any atom is 0.150 e. The van der Waals surface area contributed by atoms with Crippen LogP contribution in [0.5, 0.6) is 0 Å². The summed E-state index contributed by atoms with van der Waals surface area (Å²) >= 11 is 0. The summed E-state index contributed by atoms with van der Waals surface area (Å²) in [5.74, 6) is 0.750. The van der Waals surface area contributed by atoms with Crippen molar-refractivity contribution >= 4 is 9.84 Å². The van der Waals surface area contributed by atoms with E-state index in [1.807, 2.05) is 6.92 Å². The van der Waals surface area contributed by atoms with Crippen molar-refractivity contribution in [3.8, 4) is 0 Å². The Hall–Kier alpha value is -0.950. The molecule has 1 saturated heterocycles. The van der Waals surface area contributed by atoms with Crippen molar-refractivity contribution in [2.75, 3.05) is 11.5 Å². The van der Waals surface area contributed by atoms with E-state index < -0.39 is 9.84 Å². The smallest absolute Gasteiger partial charge is 0.150 e. The summed E-state index contributed by atoms with van der Waals surface area (Å²) in [4.78, 5) is 0. The van der Waals surface area contributed by atoms with Gasteiger partial charge in [0.25, 0.3) is 0 Å². The van der Waals surface area contributed by atoms with Crippen LogP contribution in [0.3, 0.4) is 0 Å². The minimum absolute atomic E-state index is 0.176. The average molecular weight is 258 g/mol. The van der Waals surface area contributed by atoms with Crippen molar-refractivity contribution in [1.82, 2.24) is 15.0 Å². The highest BCUT2D eigenvalue weighted by atomic mass is 32.2. The zero-order chi connectivity index (χ0) is 12.5. The highest BCUT2D eigenvalue weighted by Gasteiger charge is 2.30. The number of hydrogen-bond donors (Lipinski definition) is 1. The molecule has 0 bridgehead atoms. The van der Waals surface area contributed by atoms with Gasteiger partial charge in [-0.15, -0.1) is 5.10 Å². The minimum atomic E-state index is -2.82. The van der Waals surface area contributed by atoms with Crippen molar-refractivity contribution in [3.63, 3.8) is 0 Å². The van der Waals surface area contributed by atoms with Crippen molar-refractivity contribution in [1.29, 1.82) is 0 Å². The summed E-state index contributed by atoms with van der Waals surface area (Å²) in [5.41, 5.74) is 6.97. The molecule has 0 saturated carbocycles. The van der Waals surface area contributed by atoms with E-state index in [0.717, 1.165) is 18.7 Å². The summed E-state index contributed by atoms with van der Waals surface area (Å²) in [6, 6.07) is -0.178. The molecule has 1 aliphatic rings. The maximum absolute atomic E-state index is 11.4. The van der Waals surface area contributed by atoms with Gasteiger partial charge in [0.05, 0.1) is 23.4 Å². The Bertz CT molecular complexity index is 482. The van der Waals surface area contributed by atoms with Gasteiger partial charge in [-0.1, -0.05) is 5.21 Å². The SMILES string of the molecule is CCn1nncc1C(N)CC1CCS(=O)(=O)C1. The molecule has 1 aromatic rings. The van der Waals surface area contributed by atoms with Gasteiger partial charge in [-0.2, -0.15) is 0 Å². The van der Waals surface area contributed by atoms with Gasteiger partial charge in [-0.3, -0.25) is 0 Å². The molecule has 2 rings (SSSR count). The van der Waals surface area contributed by atoms with Crippen LogP contribution >= 0.6 is 0 Å². The van der Waals surface area contributed by atoms with Gasteiger partial charge >= 0.3 is 0 Å². The van der Waals surface area contributed by atoms with Crippen LogP contribution in [0.15, 0.2) is 6.20 Å². The molecule has 2 N–H and O–H groups in total. The lowest BCUT2D eigenvalue weighted by Crippen LogP contribution is -2.20. The van der Waals surface area contributed by atoms with E-state index in [2.05, 4.69) is 10.3 Å². The highest BCUT2D eigenvalue weighted by molar-refractivity contribution is 7.91. The lowest BCUT2D eigenvalue weighted by Gasteiger charge is -2.15. The number of nitrogens with two attached hydrogens (primary N) is 1. The molecule has 1 fully saturated rings. The Balaban J connectivity index is 2.00. The van der Waals surface area contributed by atoms with Crippen LogP contribution in [0, 0.1) is 5.92 Å². The van der Waals surface area contributed by atoms with Gasteiger partial charge in [0.15, 0.2) is 9.84 Å². The monoisotopic (exact) mass is 258 g/mol. The first-order valence-electron chi connectivity index (χ1n) is 5.86. The standard InChI is InChI=1S/C10H18N4O2S/c1-2-14-10(6-12-13-14)9(11)5-8-3-4-17(15,16)7-8/h6,8-9H,2-5,7,11H2,1H3. The Morgan fingerprint density at radius 1 is 1.65 bits per heavy atom. The Kier molecular flexibility index (Phi) is 3.48. The van der Waals surface area contributed by atoms with E-state index >= 15 is 0 Å². The molecule has 6 nitrogen and oxygen atoms in total. The van der Waals surface area contributed by atoms with Gasteiger partial charge in [0, 0.05) is 12.6 Å². The normalized spacial score (nSPS) is 24.9. The fourth-order valence-corrected chi connectivity index (χ4v) is 4.22. The predicted octanol–water partition coefficient (Wildman–Crippen LogP) is 0.123. The Morgan fingerprint density at radius 3 is 3.00 bits per heavy atom. The fourth-order valence-electron chi connectivity index (χ4n) is 2.34. The summed E-state index contributed by atoms with van der Waals surface area (Å²) < 4.78 is 24.5. The maximum atomic E-state index is 11.4. The number of nitrogens with zero attached hydrogens (tertiary/aromatic N) is 3. The zero-order valence-electron chi connectivity index (χ0n) is 9.91. The van der Waals surface area contributed by atoms with Crippen LogP contribution in [0.4, 0.5) is 0 Å². The van der Waals surface area contributed by atoms with Crippen LogP contribution in [0.1, 0.15) is 31.5 Å². The summed E-state index contributed by atoms with van der Waals surface area (Å²) in [5, 5.41) is 7.76. The van der Waals surface area contributed by atoms with Crippen LogP contribution in [-0.2, 0) is 16.4 Å². The Morgan fingerprint density at radius 2 is 2.41 bits per heavy atom. The molecule has 0 aromatic carbocycles. The van der Waals surface area contributed by atoms with E-state index in [1.165, 1.54) is 0 Å². The largest absolute Gasteiger partial charge is 0.323 e. The van der Waals surface area contributed by atoms with Gasteiger partial charge in [0.2, 0.25) is 0 Å². The molecule has 0 radical (unpaired) electrons. The molecular formula is C10H18N4O2S. The summed E-state index contributed by atoms with van der Waals surface area (Å²) in [7, 11) is -2.82. The number of aryl methyl sites for hydroxylation is 1. The van der Waals surface area contributed by atoms with E-state index in [9.17, 15) is 8.42 Å². The van der Waals surface area contributed by atoms with Gasteiger partial charge < -0.3 is 5.73 Å². The van der Waals surface area contributed by atoms with E-state index in [4.69, 9.17) is 5.73 Å². The first-order valence-corrected chi connectivity index (χ1v) is 7.68. The average Bonchev–Trinajstić information content (AvgIpc) is 2.84. The van der Waals surface area contributed by atoms with Crippen molar-refractivity contribution in [3.05, 3.63) is 11.9 Å². The molecule has 0 aliphatic carbocycles. The van der Waals surface area contributed by atoms with E-state index in [0.29, 0.717) is 12.2 Å². The quantitative estimate of drug-likeness (QED) is 0.828. The topological polar surface area (TPSA) is 90.9 Å². The summed E-state index contributed by atoms with van der Waals surface area (Å²) in [6.07, 6.45) is 3.08. The third kappa shape index (κ3) is 2.84. The second-order valence-corrected chi connectivity index (χ2v) is 6.81. The zero-order valence-corrected chi connectivity index (χ0v) is 10.7. The number of sulfone groups is 1. The number of hydrogen-bond acceptors (Lipinski definition) is 5. The van der Waals surface area contributed by atoms with Gasteiger partial charge in [-0.25, -0.2) is 13.1 Å². The van der Waals surface area contributed by atoms with Crippen molar-refractivity contribution in [2.45, 2.75) is 32.4 Å². The molecule has 7 heteroatoms. The van der Waals surface area contributed by atoms with Crippen LogP contribution in [-0.4, -0.2) is 34.9 Å². The lowest BCUT2D eigenvalue weighted by molar-refractivity contribution is 0.453. The van der Waals surface area contributed by atoms with Crippen molar-refractivity contribution < 1.29 is 8.42 Å². The minimum Gasteiger partial charge on any atom is -0.323 e. The number of aromatic nitrogens is 3. The Labute approximate surface area is 101 Å².